The summed E-state index contributed by atoms with van der Waals surface area (Å²) in [4.78, 5) is 0. The summed E-state index contributed by atoms with van der Waals surface area (Å²) in [5.74, 6) is 0.519. The van der Waals surface area contributed by atoms with E-state index in [1.54, 1.807) is 12.1 Å². The van der Waals surface area contributed by atoms with Crippen LogP contribution in [0.2, 0.25) is 5.02 Å². The Labute approximate surface area is 120 Å². The predicted octanol–water partition coefficient (Wildman–Crippen LogP) is 4.93. The molecule has 1 aliphatic rings. The lowest BCUT2D eigenvalue weighted by molar-refractivity contribution is 0.335. The number of halogens is 2. The molecule has 1 atom stereocenters. The monoisotopic (exact) mass is 283 g/mol. The van der Waals surface area contributed by atoms with Crippen LogP contribution in [0.4, 0.5) is 4.39 Å². The maximum Gasteiger partial charge on any atom is 0.129 e. The highest BCUT2D eigenvalue weighted by molar-refractivity contribution is 6.30. The quantitative estimate of drug-likeness (QED) is 0.773. The molecular weight excluding hydrogens is 261 g/mol. The number of hydrogen-bond donors (Lipinski definition) is 1. The fourth-order valence-electron chi connectivity index (χ4n) is 2.91. The Hall–Kier alpha value is -0.600. The summed E-state index contributed by atoms with van der Waals surface area (Å²) >= 11 is 5.76. The molecule has 1 N–H and O–H groups in total. The van der Waals surface area contributed by atoms with E-state index in [0.29, 0.717) is 23.2 Å². The highest BCUT2D eigenvalue weighted by Gasteiger charge is 2.18. The SMILES string of the molecule is C[C@H](NCc1ccc(Cl)cc1F)C1CCCCCC1. The van der Waals surface area contributed by atoms with Crippen LogP contribution in [0.1, 0.15) is 51.0 Å². The Morgan fingerprint density at radius 2 is 1.95 bits per heavy atom. The van der Waals surface area contributed by atoms with Gasteiger partial charge in [-0.15, -0.1) is 0 Å². The number of benzene rings is 1. The smallest absolute Gasteiger partial charge is 0.129 e. The highest BCUT2D eigenvalue weighted by Crippen LogP contribution is 2.25. The van der Waals surface area contributed by atoms with E-state index >= 15 is 0 Å². The second kappa shape index (κ2) is 7.25. The van der Waals surface area contributed by atoms with Crippen LogP contribution in [-0.2, 0) is 6.54 Å². The topological polar surface area (TPSA) is 12.0 Å². The van der Waals surface area contributed by atoms with Gasteiger partial charge in [0.05, 0.1) is 0 Å². The fourth-order valence-corrected chi connectivity index (χ4v) is 3.07. The molecule has 2 rings (SSSR count). The van der Waals surface area contributed by atoms with Crippen molar-refractivity contribution in [2.24, 2.45) is 5.92 Å². The summed E-state index contributed by atoms with van der Waals surface area (Å²) < 4.78 is 13.7. The summed E-state index contributed by atoms with van der Waals surface area (Å²) in [6.07, 6.45) is 8.02. The van der Waals surface area contributed by atoms with Crippen molar-refractivity contribution in [3.8, 4) is 0 Å². The summed E-state index contributed by atoms with van der Waals surface area (Å²) in [6, 6.07) is 5.35. The molecule has 1 aromatic carbocycles. The Bertz CT molecular complexity index is 400. The normalized spacial score (nSPS) is 19.1. The average molecular weight is 284 g/mol. The minimum Gasteiger partial charge on any atom is -0.310 e. The summed E-state index contributed by atoms with van der Waals surface area (Å²) in [6.45, 7) is 2.81. The van der Waals surface area contributed by atoms with Crippen molar-refractivity contribution in [1.29, 1.82) is 0 Å². The van der Waals surface area contributed by atoms with Crippen LogP contribution in [0.3, 0.4) is 0 Å². The Balaban J connectivity index is 1.86. The largest absolute Gasteiger partial charge is 0.310 e. The van der Waals surface area contributed by atoms with E-state index in [1.807, 2.05) is 0 Å². The maximum absolute atomic E-state index is 13.7. The van der Waals surface area contributed by atoms with Crippen molar-refractivity contribution in [2.45, 2.75) is 58.0 Å². The molecule has 1 fully saturated rings. The van der Waals surface area contributed by atoms with Gasteiger partial charge in [-0.3, -0.25) is 0 Å². The minimum atomic E-state index is -0.215. The second-order valence-electron chi connectivity index (χ2n) is 5.66. The van der Waals surface area contributed by atoms with Crippen LogP contribution in [0.5, 0.6) is 0 Å². The first kappa shape index (κ1) is 14.8. The van der Waals surface area contributed by atoms with Crippen LogP contribution in [0.15, 0.2) is 18.2 Å². The van der Waals surface area contributed by atoms with Crippen LogP contribution < -0.4 is 5.32 Å². The molecule has 0 saturated heterocycles. The third-order valence-corrected chi connectivity index (χ3v) is 4.47. The lowest BCUT2D eigenvalue weighted by Gasteiger charge is -2.23. The van der Waals surface area contributed by atoms with E-state index < -0.39 is 0 Å². The van der Waals surface area contributed by atoms with Crippen molar-refractivity contribution < 1.29 is 4.39 Å². The maximum atomic E-state index is 13.7. The Morgan fingerprint density at radius 1 is 1.26 bits per heavy atom. The standard InChI is InChI=1S/C16H23ClFN/c1-12(13-6-4-2-3-5-7-13)19-11-14-8-9-15(17)10-16(14)18/h8-10,12-13,19H,2-7,11H2,1H3/t12-/m0/s1. The van der Waals surface area contributed by atoms with Crippen molar-refractivity contribution in [1.82, 2.24) is 5.32 Å². The van der Waals surface area contributed by atoms with Gasteiger partial charge in [-0.2, -0.15) is 0 Å². The summed E-state index contributed by atoms with van der Waals surface area (Å²) in [7, 11) is 0. The van der Waals surface area contributed by atoms with Crippen LogP contribution in [0, 0.1) is 11.7 Å². The van der Waals surface area contributed by atoms with Gasteiger partial charge < -0.3 is 5.32 Å². The first-order chi connectivity index (χ1) is 9.16. The molecule has 1 nitrogen and oxygen atoms in total. The van der Waals surface area contributed by atoms with Crippen molar-refractivity contribution in [3.05, 3.63) is 34.6 Å². The zero-order valence-electron chi connectivity index (χ0n) is 11.6. The third kappa shape index (κ3) is 4.47. The molecule has 0 heterocycles. The van der Waals surface area contributed by atoms with E-state index in [2.05, 4.69) is 12.2 Å². The molecule has 3 heteroatoms. The van der Waals surface area contributed by atoms with Gasteiger partial charge >= 0.3 is 0 Å². The zero-order valence-corrected chi connectivity index (χ0v) is 12.3. The van der Waals surface area contributed by atoms with Crippen LogP contribution >= 0.6 is 11.6 Å². The molecule has 0 bridgehead atoms. The van der Waals surface area contributed by atoms with Gasteiger partial charge in [0, 0.05) is 23.2 Å². The van der Waals surface area contributed by atoms with E-state index in [9.17, 15) is 4.39 Å². The molecule has 0 aromatic heterocycles. The molecule has 106 valence electrons. The van der Waals surface area contributed by atoms with Gasteiger partial charge in [0.1, 0.15) is 5.82 Å². The average Bonchev–Trinajstić information content (AvgIpc) is 2.66. The first-order valence-electron chi connectivity index (χ1n) is 7.34. The van der Waals surface area contributed by atoms with E-state index in [0.717, 1.165) is 5.92 Å². The molecule has 0 unspecified atom stereocenters. The lowest BCUT2D eigenvalue weighted by atomic mass is 9.93. The molecule has 1 aliphatic carbocycles. The third-order valence-electron chi connectivity index (χ3n) is 4.24. The van der Waals surface area contributed by atoms with E-state index in [-0.39, 0.29) is 5.82 Å². The van der Waals surface area contributed by atoms with Gasteiger partial charge in [0.15, 0.2) is 0 Å². The number of hydrogen-bond acceptors (Lipinski definition) is 1. The second-order valence-corrected chi connectivity index (χ2v) is 6.09. The molecular formula is C16H23ClFN. The summed E-state index contributed by atoms with van der Waals surface area (Å²) in [5.41, 5.74) is 0.699. The molecule has 0 aliphatic heterocycles. The summed E-state index contributed by atoms with van der Waals surface area (Å²) in [5, 5.41) is 3.93. The van der Waals surface area contributed by atoms with Crippen molar-refractivity contribution >= 4 is 11.6 Å². The first-order valence-corrected chi connectivity index (χ1v) is 7.72. The zero-order chi connectivity index (χ0) is 13.7. The molecule has 0 radical (unpaired) electrons. The van der Waals surface area contributed by atoms with Crippen LogP contribution in [-0.4, -0.2) is 6.04 Å². The van der Waals surface area contributed by atoms with E-state index in [1.165, 1.54) is 44.6 Å². The van der Waals surface area contributed by atoms with Gasteiger partial charge in [-0.05, 0) is 37.8 Å². The molecule has 0 amide bonds. The Morgan fingerprint density at radius 3 is 2.58 bits per heavy atom. The minimum absolute atomic E-state index is 0.215. The lowest BCUT2D eigenvalue weighted by Crippen LogP contribution is -2.33. The number of rotatable bonds is 4. The van der Waals surface area contributed by atoms with Gasteiger partial charge in [-0.25, -0.2) is 4.39 Å². The van der Waals surface area contributed by atoms with Gasteiger partial charge in [-0.1, -0.05) is 43.4 Å². The van der Waals surface area contributed by atoms with Gasteiger partial charge in [0.25, 0.3) is 0 Å². The van der Waals surface area contributed by atoms with E-state index in [4.69, 9.17) is 11.6 Å². The van der Waals surface area contributed by atoms with Gasteiger partial charge in [0.2, 0.25) is 0 Å². The fraction of sp³-hybridized carbons (Fsp3) is 0.625. The highest BCUT2D eigenvalue weighted by atomic mass is 35.5. The van der Waals surface area contributed by atoms with Crippen LogP contribution in [0.25, 0.3) is 0 Å². The van der Waals surface area contributed by atoms with Crippen molar-refractivity contribution in [3.63, 3.8) is 0 Å². The molecule has 0 spiro atoms. The number of nitrogens with one attached hydrogen (secondary N) is 1. The predicted molar refractivity (Wildman–Crippen MR) is 78.9 cm³/mol. The molecule has 19 heavy (non-hydrogen) atoms. The molecule has 1 saturated carbocycles. The molecule has 1 aromatic rings. The Kier molecular flexibility index (Phi) is 5.65. The van der Waals surface area contributed by atoms with Crippen molar-refractivity contribution in [2.75, 3.05) is 0 Å².